The second kappa shape index (κ2) is 8.24. The molecule has 9 nitrogen and oxygen atoms in total. The Bertz CT molecular complexity index is 717. The summed E-state index contributed by atoms with van der Waals surface area (Å²) in [5.74, 6) is -1.19. The second-order valence-electron chi connectivity index (χ2n) is 8.02. The maximum absolute atomic E-state index is 12.5. The van der Waals surface area contributed by atoms with Gasteiger partial charge in [0, 0.05) is 12.5 Å². The first-order valence-corrected chi connectivity index (χ1v) is 8.36. The van der Waals surface area contributed by atoms with Crippen molar-refractivity contribution in [3.63, 3.8) is 0 Å². The fourth-order valence-corrected chi connectivity index (χ4v) is 2.09. The molecule has 27 heavy (non-hydrogen) atoms. The van der Waals surface area contributed by atoms with Crippen LogP contribution in [0.25, 0.3) is 0 Å². The van der Waals surface area contributed by atoms with E-state index in [0.29, 0.717) is 5.56 Å². The highest BCUT2D eigenvalue weighted by Gasteiger charge is 2.29. The Kier molecular flexibility index (Phi) is 6.77. The summed E-state index contributed by atoms with van der Waals surface area (Å²) >= 11 is 0. The number of rotatable bonds is 5. The van der Waals surface area contributed by atoms with Gasteiger partial charge in [0.25, 0.3) is 0 Å². The van der Waals surface area contributed by atoms with E-state index < -0.39 is 45.7 Å². The van der Waals surface area contributed by atoms with Gasteiger partial charge in [-0.05, 0) is 53.2 Å². The molecule has 1 aromatic carbocycles. The van der Waals surface area contributed by atoms with Crippen molar-refractivity contribution >= 4 is 17.7 Å². The van der Waals surface area contributed by atoms with E-state index in [0.717, 1.165) is 12.1 Å². The van der Waals surface area contributed by atoms with E-state index in [4.69, 9.17) is 9.47 Å². The topological polar surface area (TPSA) is 128 Å². The van der Waals surface area contributed by atoms with Crippen LogP contribution in [-0.2, 0) is 20.7 Å². The second-order valence-corrected chi connectivity index (χ2v) is 8.02. The van der Waals surface area contributed by atoms with Gasteiger partial charge in [-0.25, -0.2) is 9.59 Å². The van der Waals surface area contributed by atoms with Gasteiger partial charge in [0.1, 0.15) is 17.2 Å². The number of nitrogens with one attached hydrogen (secondary N) is 1. The molecule has 0 aliphatic heterocycles. The van der Waals surface area contributed by atoms with Gasteiger partial charge >= 0.3 is 17.7 Å². The molecule has 1 atom stereocenters. The molecule has 0 aliphatic carbocycles. The number of aromatic hydroxyl groups is 1. The molecule has 1 rings (SSSR count). The molecule has 0 fully saturated rings. The van der Waals surface area contributed by atoms with Crippen LogP contribution in [0.3, 0.4) is 0 Å². The zero-order valence-electron chi connectivity index (χ0n) is 16.4. The lowest BCUT2D eigenvalue weighted by molar-refractivity contribution is -0.385. The molecule has 0 aromatic heterocycles. The predicted octanol–water partition coefficient (Wildman–Crippen LogP) is 3.08. The minimum absolute atomic E-state index is 0.0741. The van der Waals surface area contributed by atoms with Crippen LogP contribution < -0.4 is 5.32 Å². The van der Waals surface area contributed by atoms with Crippen molar-refractivity contribution < 1.29 is 29.1 Å². The first-order chi connectivity index (χ1) is 12.2. The molecule has 9 heteroatoms. The molecule has 0 spiro atoms. The highest BCUT2D eigenvalue weighted by atomic mass is 16.6. The maximum atomic E-state index is 12.5. The summed E-state index contributed by atoms with van der Waals surface area (Å²) in [5, 5.41) is 23.0. The number of benzene rings is 1. The number of alkyl carbamates (subject to hydrolysis) is 1. The first-order valence-electron chi connectivity index (χ1n) is 8.36. The standard InChI is InChI=1S/C18H26N2O7/c1-17(2,3)26-15(22)12(19-16(23)27-18(4,5)6)9-11-7-8-14(21)13(10-11)20(24)25/h7-8,10,12,21H,9H2,1-6H3,(H,19,23)/t12-/m0/s1. The van der Waals surface area contributed by atoms with Crippen LogP contribution in [0.2, 0.25) is 0 Å². The van der Waals surface area contributed by atoms with E-state index in [1.807, 2.05) is 0 Å². The van der Waals surface area contributed by atoms with Gasteiger partial charge in [0.05, 0.1) is 4.92 Å². The maximum Gasteiger partial charge on any atom is 0.408 e. The summed E-state index contributed by atoms with van der Waals surface area (Å²) in [6.07, 6.45) is -0.887. The van der Waals surface area contributed by atoms with Gasteiger partial charge in [0.15, 0.2) is 5.75 Å². The van der Waals surface area contributed by atoms with E-state index in [1.54, 1.807) is 41.5 Å². The molecule has 0 bridgehead atoms. The van der Waals surface area contributed by atoms with E-state index in [2.05, 4.69) is 5.32 Å². The number of hydrogen-bond donors (Lipinski definition) is 2. The van der Waals surface area contributed by atoms with Crippen LogP contribution >= 0.6 is 0 Å². The summed E-state index contributed by atoms with van der Waals surface area (Å²) in [5.41, 5.74) is -1.68. The number of nitro groups is 1. The summed E-state index contributed by atoms with van der Waals surface area (Å²) in [6.45, 7) is 10.1. The molecule has 150 valence electrons. The van der Waals surface area contributed by atoms with Gasteiger partial charge in [-0.15, -0.1) is 0 Å². The Morgan fingerprint density at radius 3 is 2.19 bits per heavy atom. The normalized spacial score (nSPS) is 12.8. The van der Waals surface area contributed by atoms with Gasteiger partial charge < -0.3 is 19.9 Å². The Morgan fingerprint density at radius 1 is 1.15 bits per heavy atom. The highest BCUT2D eigenvalue weighted by molar-refractivity contribution is 5.82. The lowest BCUT2D eigenvalue weighted by Crippen LogP contribution is -2.47. The third-order valence-electron chi connectivity index (χ3n) is 3.06. The smallest absolute Gasteiger partial charge is 0.408 e. The number of phenols is 1. The SMILES string of the molecule is CC(C)(C)OC(=O)N[C@@H](Cc1ccc(O)c([N+](=O)[O-])c1)C(=O)OC(C)(C)C. The molecule has 1 amide bonds. The predicted molar refractivity (Wildman–Crippen MR) is 97.5 cm³/mol. The van der Waals surface area contributed by atoms with E-state index in [9.17, 15) is 24.8 Å². The molecule has 0 heterocycles. The third-order valence-corrected chi connectivity index (χ3v) is 3.06. The number of nitro benzene ring substituents is 1. The first kappa shape index (κ1) is 22.2. The zero-order valence-corrected chi connectivity index (χ0v) is 16.4. The summed E-state index contributed by atoms with van der Waals surface area (Å²) in [6, 6.07) is 2.61. The van der Waals surface area contributed by atoms with Crippen molar-refractivity contribution in [2.75, 3.05) is 0 Å². The Balaban J connectivity index is 3.07. The molecule has 0 radical (unpaired) electrons. The Morgan fingerprint density at radius 2 is 1.70 bits per heavy atom. The third kappa shape index (κ3) is 7.93. The van der Waals surface area contributed by atoms with Gasteiger partial charge in [-0.3, -0.25) is 10.1 Å². The van der Waals surface area contributed by atoms with Crippen molar-refractivity contribution in [2.24, 2.45) is 0 Å². The van der Waals surface area contributed by atoms with Crippen molar-refractivity contribution in [3.05, 3.63) is 33.9 Å². The molecular weight excluding hydrogens is 356 g/mol. The van der Waals surface area contributed by atoms with Crippen LogP contribution in [0, 0.1) is 10.1 Å². The van der Waals surface area contributed by atoms with Crippen molar-refractivity contribution in [1.82, 2.24) is 5.32 Å². The average Bonchev–Trinajstić information content (AvgIpc) is 2.44. The van der Waals surface area contributed by atoms with Gasteiger partial charge in [-0.1, -0.05) is 6.07 Å². The molecule has 2 N–H and O–H groups in total. The minimum Gasteiger partial charge on any atom is -0.502 e. The van der Waals surface area contributed by atoms with Crippen LogP contribution in [0.5, 0.6) is 5.75 Å². The lowest BCUT2D eigenvalue weighted by Gasteiger charge is -2.26. The number of esters is 1. The fourth-order valence-electron chi connectivity index (χ4n) is 2.09. The average molecular weight is 382 g/mol. The number of carbonyl (C=O) groups excluding carboxylic acids is 2. The van der Waals surface area contributed by atoms with Crippen molar-refractivity contribution in [1.29, 1.82) is 0 Å². The number of amides is 1. The fraction of sp³-hybridized carbons (Fsp3) is 0.556. The summed E-state index contributed by atoms with van der Waals surface area (Å²) in [4.78, 5) is 34.8. The highest BCUT2D eigenvalue weighted by Crippen LogP contribution is 2.27. The quantitative estimate of drug-likeness (QED) is 0.455. The van der Waals surface area contributed by atoms with E-state index in [1.165, 1.54) is 6.07 Å². The molecule has 0 unspecified atom stereocenters. The van der Waals surface area contributed by atoms with Crippen molar-refractivity contribution in [3.8, 4) is 5.75 Å². The Hall–Kier alpha value is -2.84. The van der Waals surface area contributed by atoms with Crippen LogP contribution in [0.15, 0.2) is 18.2 Å². The molecular formula is C18H26N2O7. The zero-order chi connectivity index (χ0) is 21.0. The molecule has 0 saturated carbocycles. The number of nitrogens with zero attached hydrogens (tertiary/aromatic N) is 1. The summed E-state index contributed by atoms with van der Waals surface area (Å²) < 4.78 is 10.5. The van der Waals surface area contributed by atoms with Gasteiger partial charge in [0.2, 0.25) is 0 Å². The van der Waals surface area contributed by atoms with E-state index >= 15 is 0 Å². The number of carbonyl (C=O) groups is 2. The van der Waals surface area contributed by atoms with E-state index in [-0.39, 0.29) is 6.42 Å². The monoisotopic (exact) mass is 382 g/mol. The lowest BCUT2D eigenvalue weighted by atomic mass is 10.0. The molecule has 0 saturated heterocycles. The molecule has 1 aromatic rings. The van der Waals surface area contributed by atoms with Crippen LogP contribution in [0.4, 0.5) is 10.5 Å². The largest absolute Gasteiger partial charge is 0.502 e. The number of phenolic OH excluding ortho intramolecular Hbond substituents is 1. The van der Waals surface area contributed by atoms with Crippen LogP contribution in [0.1, 0.15) is 47.1 Å². The summed E-state index contributed by atoms with van der Waals surface area (Å²) in [7, 11) is 0. The molecule has 0 aliphatic rings. The Labute approximate surface area is 157 Å². The van der Waals surface area contributed by atoms with Gasteiger partial charge in [-0.2, -0.15) is 0 Å². The number of ether oxygens (including phenoxy) is 2. The van der Waals surface area contributed by atoms with Crippen LogP contribution in [-0.4, -0.2) is 39.3 Å². The number of hydrogen-bond acceptors (Lipinski definition) is 7. The van der Waals surface area contributed by atoms with Crippen molar-refractivity contribution in [2.45, 2.75) is 65.2 Å². The minimum atomic E-state index is -1.12.